The van der Waals surface area contributed by atoms with Crippen molar-refractivity contribution in [2.45, 2.75) is 38.6 Å². The Morgan fingerprint density at radius 2 is 2.00 bits per heavy atom. The fourth-order valence-corrected chi connectivity index (χ4v) is 3.06. The molecule has 1 amide bonds. The summed E-state index contributed by atoms with van der Waals surface area (Å²) in [6.07, 6.45) is 2.36. The number of nitrogens with one attached hydrogen (secondary N) is 1. The summed E-state index contributed by atoms with van der Waals surface area (Å²) in [4.78, 5) is 23.1. The van der Waals surface area contributed by atoms with Crippen molar-refractivity contribution in [3.63, 3.8) is 0 Å². The van der Waals surface area contributed by atoms with Crippen LogP contribution in [-0.2, 0) is 16.0 Å². The fraction of sp³-hybridized carbons (Fsp3) is 0.500. The van der Waals surface area contributed by atoms with E-state index in [4.69, 9.17) is 16.7 Å². The number of rotatable bonds is 5. The molecule has 2 N–H and O–H groups in total. The molecule has 21 heavy (non-hydrogen) atoms. The van der Waals surface area contributed by atoms with Gasteiger partial charge in [-0.05, 0) is 44.2 Å². The standard InChI is InChI=1S/C16H20ClNO3/c1-10(8-11-4-2-3-5-14(11)17)18-15(19)12-6-7-13(9-12)16(20)21/h2-5,10,12-13H,6-9H2,1H3,(H,18,19)(H,20,21). The molecule has 1 aliphatic rings. The third kappa shape index (κ3) is 4.21. The van der Waals surface area contributed by atoms with E-state index in [-0.39, 0.29) is 23.8 Å². The van der Waals surface area contributed by atoms with Crippen LogP contribution in [0.25, 0.3) is 0 Å². The second-order valence-corrected chi connectivity index (χ2v) is 6.16. The van der Waals surface area contributed by atoms with E-state index < -0.39 is 5.97 Å². The molecule has 3 unspecified atom stereocenters. The molecule has 5 heteroatoms. The summed E-state index contributed by atoms with van der Waals surface area (Å²) in [5, 5.41) is 12.6. The number of carbonyl (C=O) groups is 2. The lowest BCUT2D eigenvalue weighted by Crippen LogP contribution is -2.38. The molecule has 3 atom stereocenters. The molecular formula is C16H20ClNO3. The highest BCUT2D eigenvalue weighted by Gasteiger charge is 2.34. The number of aliphatic carboxylic acids is 1. The van der Waals surface area contributed by atoms with E-state index in [9.17, 15) is 9.59 Å². The molecule has 1 fully saturated rings. The highest BCUT2D eigenvalue weighted by Crippen LogP contribution is 2.31. The Balaban J connectivity index is 1.86. The number of benzene rings is 1. The zero-order valence-corrected chi connectivity index (χ0v) is 12.8. The van der Waals surface area contributed by atoms with Crippen molar-refractivity contribution in [3.8, 4) is 0 Å². The van der Waals surface area contributed by atoms with E-state index >= 15 is 0 Å². The molecule has 0 bridgehead atoms. The first-order valence-electron chi connectivity index (χ1n) is 7.24. The molecule has 1 aromatic carbocycles. The summed E-state index contributed by atoms with van der Waals surface area (Å²) in [7, 11) is 0. The van der Waals surface area contributed by atoms with Gasteiger partial charge in [-0.3, -0.25) is 9.59 Å². The minimum atomic E-state index is -0.797. The Kier molecular flexibility index (Phi) is 5.23. The average molecular weight is 310 g/mol. The first-order valence-corrected chi connectivity index (χ1v) is 7.61. The smallest absolute Gasteiger partial charge is 0.306 e. The number of amides is 1. The van der Waals surface area contributed by atoms with Gasteiger partial charge in [0.1, 0.15) is 0 Å². The topological polar surface area (TPSA) is 66.4 Å². The van der Waals surface area contributed by atoms with Gasteiger partial charge >= 0.3 is 5.97 Å². The lowest BCUT2D eigenvalue weighted by atomic mass is 10.0. The van der Waals surface area contributed by atoms with Crippen LogP contribution in [-0.4, -0.2) is 23.0 Å². The largest absolute Gasteiger partial charge is 0.481 e. The van der Waals surface area contributed by atoms with Crippen LogP contribution in [0, 0.1) is 11.8 Å². The predicted octanol–water partition coefficient (Wildman–Crippen LogP) is 2.89. The van der Waals surface area contributed by atoms with Crippen molar-refractivity contribution in [1.82, 2.24) is 5.32 Å². The number of hydrogen-bond donors (Lipinski definition) is 2. The predicted molar refractivity (Wildman–Crippen MR) is 81.2 cm³/mol. The summed E-state index contributed by atoms with van der Waals surface area (Å²) in [6.45, 7) is 1.94. The van der Waals surface area contributed by atoms with E-state index in [0.29, 0.717) is 30.7 Å². The molecular weight excluding hydrogens is 290 g/mol. The molecule has 0 aromatic heterocycles. The lowest BCUT2D eigenvalue weighted by Gasteiger charge is -2.17. The van der Waals surface area contributed by atoms with Crippen LogP contribution in [0.3, 0.4) is 0 Å². The number of carbonyl (C=O) groups excluding carboxylic acids is 1. The third-order valence-corrected chi connectivity index (χ3v) is 4.39. The van der Waals surface area contributed by atoms with Crippen molar-refractivity contribution in [3.05, 3.63) is 34.9 Å². The Morgan fingerprint density at radius 3 is 2.62 bits per heavy atom. The second kappa shape index (κ2) is 6.94. The summed E-state index contributed by atoms with van der Waals surface area (Å²) in [5.74, 6) is -1.40. The molecule has 0 saturated heterocycles. The number of carboxylic acid groups (broad SMARTS) is 1. The molecule has 1 aromatic rings. The molecule has 4 nitrogen and oxygen atoms in total. The Hall–Kier alpha value is -1.55. The van der Waals surface area contributed by atoms with Gasteiger partial charge < -0.3 is 10.4 Å². The van der Waals surface area contributed by atoms with Gasteiger partial charge in [0, 0.05) is 17.0 Å². The minimum Gasteiger partial charge on any atom is -0.481 e. The normalized spacial score (nSPS) is 22.8. The van der Waals surface area contributed by atoms with E-state index in [1.54, 1.807) is 0 Å². The summed E-state index contributed by atoms with van der Waals surface area (Å²) >= 11 is 6.11. The number of halogens is 1. The maximum Gasteiger partial charge on any atom is 0.306 e. The third-order valence-electron chi connectivity index (χ3n) is 4.03. The SMILES string of the molecule is CC(Cc1ccccc1Cl)NC(=O)C1CCC(C(=O)O)C1. The van der Waals surface area contributed by atoms with Crippen LogP contribution >= 0.6 is 11.6 Å². The van der Waals surface area contributed by atoms with Gasteiger partial charge in [0.05, 0.1) is 5.92 Å². The molecule has 0 radical (unpaired) electrons. The van der Waals surface area contributed by atoms with Crippen molar-refractivity contribution in [1.29, 1.82) is 0 Å². The van der Waals surface area contributed by atoms with E-state index in [1.165, 1.54) is 0 Å². The van der Waals surface area contributed by atoms with Crippen LogP contribution < -0.4 is 5.32 Å². The second-order valence-electron chi connectivity index (χ2n) is 5.75. The molecule has 1 aliphatic carbocycles. The molecule has 2 rings (SSSR count). The Bertz CT molecular complexity index is 532. The zero-order chi connectivity index (χ0) is 15.4. The molecule has 0 aliphatic heterocycles. The average Bonchev–Trinajstić information content (AvgIpc) is 2.91. The van der Waals surface area contributed by atoms with E-state index in [0.717, 1.165) is 5.56 Å². The van der Waals surface area contributed by atoms with Gasteiger partial charge in [0.15, 0.2) is 0 Å². The van der Waals surface area contributed by atoms with Crippen molar-refractivity contribution < 1.29 is 14.7 Å². The molecule has 114 valence electrons. The quantitative estimate of drug-likeness (QED) is 0.879. The van der Waals surface area contributed by atoms with E-state index in [1.807, 2.05) is 31.2 Å². The molecule has 0 heterocycles. The van der Waals surface area contributed by atoms with Crippen molar-refractivity contribution in [2.75, 3.05) is 0 Å². The van der Waals surface area contributed by atoms with E-state index in [2.05, 4.69) is 5.32 Å². The van der Waals surface area contributed by atoms with Crippen molar-refractivity contribution in [2.24, 2.45) is 11.8 Å². The van der Waals surface area contributed by atoms with Crippen molar-refractivity contribution >= 4 is 23.5 Å². The number of carboxylic acids is 1. The fourth-order valence-electron chi connectivity index (χ4n) is 2.85. The van der Waals surface area contributed by atoms with Gasteiger partial charge in [0.2, 0.25) is 5.91 Å². The van der Waals surface area contributed by atoms with Gasteiger partial charge in [-0.15, -0.1) is 0 Å². The number of hydrogen-bond acceptors (Lipinski definition) is 2. The van der Waals surface area contributed by atoms with Crippen LogP contribution in [0.4, 0.5) is 0 Å². The summed E-state index contributed by atoms with van der Waals surface area (Å²) in [6, 6.07) is 7.55. The Labute approximate surface area is 129 Å². The maximum atomic E-state index is 12.2. The minimum absolute atomic E-state index is 0.0266. The summed E-state index contributed by atoms with van der Waals surface area (Å²) in [5.41, 5.74) is 1.00. The maximum absolute atomic E-state index is 12.2. The van der Waals surface area contributed by atoms with Gasteiger partial charge in [0.25, 0.3) is 0 Å². The first-order chi connectivity index (χ1) is 9.97. The summed E-state index contributed by atoms with van der Waals surface area (Å²) < 4.78 is 0. The highest BCUT2D eigenvalue weighted by molar-refractivity contribution is 6.31. The van der Waals surface area contributed by atoms with Crippen LogP contribution in [0.5, 0.6) is 0 Å². The molecule has 1 saturated carbocycles. The highest BCUT2D eigenvalue weighted by atomic mass is 35.5. The first kappa shape index (κ1) is 15.8. The van der Waals surface area contributed by atoms with Gasteiger partial charge in [-0.2, -0.15) is 0 Å². The zero-order valence-electron chi connectivity index (χ0n) is 12.0. The van der Waals surface area contributed by atoms with Gasteiger partial charge in [-0.1, -0.05) is 29.8 Å². The van der Waals surface area contributed by atoms with Crippen LogP contribution in [0.2, 0.25) is 5.02 Å². The van der Waals surface area contributed by atoms with Gasteiger partial charge in [-0.25, -0.2) is 0 Å². The van der Waals surface area contributed by atoms with Crippen LogP contribution in [0.15, 0.2) is 24.3 Å². The van der Waals surface area contributed by atoms with Crippen LogP contribution in [0.1, 0.15) is 31.7 Å². The molecule has 0 spiro atoms. The lowest BCUT2D eigenvalue weighted by molar-refractivity contribution is -0.141. The monoisotopic (exact) mass is 309 g/mol. The Morgan fingerprint density at radius 1 is 1.33 bits per heavy atom.